The first-order chi connectivity index (χ1) is 6.22. The van der Waals surface area contributed by atoms with Gasteiger partial charge in [0.05, 0.1) is 0 Å². The molecule has 0 spiro atoms. The van der Waals surface area contributed by atoms with Crippen LogP contribution in [0.5, 0.6) is 0 Å². The Kier molecular flexibility index (Phi) is 3.18. The Bertz CT molecular complexity index is 199. The average Bonchev–Trinajstić information content (AvgIpc) is 2.65. The monoisotopic (exact) mass is 214 g/mol. The third-order valence-corrected chi connectivity index (χ3v) is 7.70. The van der Waals surface area contributed by atoms with Crippen LogP contribution in [0.15, 0.2) is 0 Å². The van der Waals surface area contributed by atoms with E-state index in [1.807, 2.05) is 0 Å². The predicted octanol–water partition coefficient (Wildman–Crippen LogP) is 3.93. The Hall–Kier alpha value is 0.177. The fourth-order valence-electron chi connectivity index (χ4n) is 2.38. The fraction of sp³-hybridized carbons (Fsp3) is 1.00. The van der Waals surface area contributed by atoms with Gasteiger partial charge in [-0.05, 0) is 49.2 Å². The topological polar surface area (TPSA) is 20.2 Å². The number of hydrogen-bond donors (Lipinski definition) is 1. The van der Waals surface area contributed by atoms with Crippen LogP contribution in [0.1, 0.15) is 52.9 Å². The molecule has 0 aromatic rings. The van der Waals surface area contributed by atoms with E-state index in [0.29, 0.717) is 5.41 Å². The third-order valence-electron chi connectivity index (χ3n) is 4.21. The van der Waals surface area contributed by atoms with E-state index in [1.165, 1.54) is 32.1 Å². The molecule has 0 amide bonds. The Balaban J connectivity index is 2.59. The summed E-state index contributed by atoms with van der Waals surface area (Å²) in [5, 5.41) is 0.179. The zero-order valence-electron chi connectivity index (χ0n) is 10.5. The van der Waals surface area contributed by atoms with Crippen molar-refractivity contribution in [2.45, 2.75) is 71.0 Å². The van der Waals surface area contributed by atoms with Crippen molar-refractivity contribution in [1.82, 2.24) is 0 Å². The zero-order chi connectivity index (χ0) is 11.0. The smallest absolute Gasteiger partial charge is 0.188 e. The van der Waals surface area contributed by atoms with Crippen molar-refractivity contribution in [3.05, 3.63) is 0 Å². The lowest BCUT2D eigenvalue weighted by Gasteiger charge is -2.38. The molecule has 84 valence electrons. The van der Waals surface area contributed by atoms with Crippen LogP contribution in [-0.2, 0) is 0 Å². The van der Waals surface area contributed by atoms with E-state index in [1.54, 1.807) is 0 Å². The minimum atomic E-state index is -1.98. The van der Waals surface area contributed by atoms with E-state index < -0.39 is 8.32 Å². The van der Waals surface area contributed by atoms with E-state index in [9.17, 15) is 4.80 Å². The van der Waals surface area contributed by atoms with Gasteiger partial charge in [0.15, 0.2) is 8.32 Å². The highest BCUT2D eigenvalue weighted by atomic mass is 28.4. The highest BCUT2D eigenvalue weighted by Gasteiger charge is 2.49. The first-order valence-electron chi connectivity index (χ1n) is 5.95. The molecule has 0 aromatic carbocycles. The van der Waals surface area contributed by atoms with Gasteiger partial charge in [0.25, 0.3) is 0 Å². The lowest BCUT2D eigenvalue weighted by atomic mass is 9.89. The van der Waals surface area contributed by atoms with Crippen molar-refractivity contribution in [3.63, 3.8) is 0 Å². The molecular weight excluding hydrogens is 188 g/mol. The highest BCUT2D eigenvalue weighted by Crippen LogP contribution is 2.60. The second-order valence-electron chi connectivity index (χ2n) is 6.37. The maximum atomic E-state index is 10.2. The lowest BCUT2D eigenvalue weighted by molar-refractivity contribution is 0.337. The van der Waals surface area contributed by atoms with E-state index in [-0.39, 0.29) is 5.04 Å². The van der Waals surface area contributed by atoms with Gasteiger partial charge in [0.1, 0.15) is 0 Å². The van der Waals surface area contributed by atoms with Gasteiger partial charge in [-0.2, -0.15) is 0 Å². The van der Waals surface area contributed by atoms with Gasteiger partial charge >= 0.3 is 0 Å². The molecule has 2 heteroatoms. The van der Waals surface area contributed by atoms with Crippen molar-refractivity contribution in [2.24, 2.45) is 5.41 Å². The largest absolute Gasteiger partial charge is 0.432 e. The lowest BCUT2D eigenvalue weighted by Crippen LogP contribution is -2.40. The molecule has 0 atom stereocenters. The predicted molar refractivity (Wildman–Crippen MR) is 64.9 cm³/mol. The van der Waals surface area contributed by atoms with Gasteiger partial charge in [-0.3, -0.25) is 0 Å². The average molecular weight is 214 g/mol. The Morgan fingerprint density at radius 2 is 1.79 bits per heavy atom. The van der Waals surface area contributed by atoms with Gasteiger partial charge < -0.3 is 4.80 Å². The van der Waals surface area contributed by atoms with Crippen LogP contribution in [0.25, 0.3) is 0 Å². The summed E-state index contributed by atoms with van der Waals surface area (Å²) in [4.78, 5) is 10.2. The molecule has 1 aliphatic rings. The normalized spacial score (nSPS) is 21.0. The van der Waals surface area contributed by atoms with E-state index in [0.717, 1.165) is 0 Å². The summed E-state index contributed by atoms with van der Waals surface area (Å²) in [5.41, 5.74) is 0.616. The molecule has 0 heterocycles. The standard InChI is InChI=1S/C12H26OSi/c1-6-7-12(8-9-12)10-11(2,3)14(4,5)13/h13H,6-10H2,1-5H3. The molecular formula is C12H26OSi. The summed E-state index contributed by atoms with van der Waals surface area (Å²) in [6.45, 7) is 10.9. The molecule has 0 bridgehead atoms. The minimum absolute atomic E-state index is 0.179. The van der Waals surface area contributed by atoms with Gasteiger partial charge in [0, 0.05) is 0 Å². The van der Waals surface area contributed by atoms with Crippen LogP contribution in [0.4, 0.5) is 0 Å². The van der Waals surface area contributed by atoms with Crippen LogP contribution in [0.3, 0.4) is 0 Å². The SMILES string of the molecule is CCCC1(CC(C)(C)[Si](C)(C)O)CC1. The van der Waals surface area contributed by atoms with Crippen LogP contribution in [0.2, 0.25) is 18.1 Å². The van der Waals surface area contributed by atoms with Gasteiger partial charge in [-0.25, -0.2) is 0 Å². The fourth-order valence-corrected chi connectivity index (χ4v) is 3.18. The van der Waals surface area contributed by atoms with Crippen LogP contribution < -0.4 is 0 Å². The summed E-state index contributed by atoms with van der Waals surface area (Å²) in [6, 6.07) is 0. The Morgan fingerprint density at radius 3 is 2.07 bits per heavy atom. The molecule has 0 aliphatic heterocycles. The van der Waals surface area contributed by atoms with Crippen molar-refractivity contribution in [2.75, 3.05) is 0 Å². The number of rotatable bonds is 5. The zero-order valence-corrected chi connectivity index (χ0v) is 11.5. The molecule has 1 N–H and O–H groups in total. The van der Waals surface area contributed by atoms with Crippen molar-refractivity contribution < 1.29 is 4.80 Å². The molecule has 0 unspecified atom stereocenters. The first-order valence-corrected chi connectivity index (χ1v) is 8.90. The third kappa shape index (κ3) is 2.60. The van der Waals surface area contributed by atoms with E-state index in [4.69, 9.17) is 0 Å². The Labute approximate surface area is 90.0 Å². The maximum absolute atomic E-state index is 10.2. The summed E-state index contributed by atoms with van der Waals surface area (Å²) in [5.74, 6) is 0. The quantitative estimate of drug-likeness (QED) is 0.687. The molecule has 0 saturated heterocycles. The summed E-state index contributed by atoms with van der Waals surface area (Å²) < 4.78 is 0. The van der Waals surface area contributed by atoms with E-state index in [2.05, 4.69) is 33.9 Å². The van der Waals surface area contributed by atoms with Gasteiger partial charge in [-0.1, -0.05) is 27.2 Å². The molecule has 14 heavy (non-hydrogen) atoms. The van der Waals surface area contributed by atoms with Crippen molar-refractivity contribution >= 4 is 8.32 Å². The molecule has 0 radical (unpaired) electrons. The molecule has 0 aromatic heterocycles. The molecule has 1 saturated carbocycles. The summed E-state index contributed by atoms with van der Waals surface area (Å²) in [7, 11) is -1.98. The van der Waals surface area contributed by atoms with Crippen LogP contribution >= 0.6 is 0 Å². The van der Waals surface area contributed by atoms with Crippen molar-refractivity contribution in [3.8, 4) is 0 Å². The minimum Gasteiger partial charge on any atom is -0.432 e. The molecule has 1 nitrogen and oxygen atoms in total. The molecule has 1 fully saturated rings. The summed E-state index contributed by atoms with van der Waals surface area (Å²) >= 11 is 0. The van der Waals surface area contributed by atoms with E-state index >= 15 is 0 Å². The van der Waals surface area contributed by atoms with Gasteiger partial charge in [0.2, 0.25) is 0 Å². The second kappa shape index (κ2) is 3.64. The van der Waals surface area contributed by atoms with Crippen LogP contribution in [0, 0.1) is 5.41 Å². The van der Waals surface area contributed by atoms with Gasteiger partial charge in [-0.15, -0.1) is 0 Å². The Morgan fingerprint density at radius 1 is 1.29 bits per heavy atom. The second-order valence-corrected chi connectivity index (χ2v) is 10.8. The van der Waals surface area contributed by atoms with Crippen LogP contribution in [-0.4, -0.2) is 13.1 Å². The highest BCUT2D eigenvalue weighted by molar-refractivity contribution is 6.72. The molecule has 1 aliphatic carbocycles. The summed E-state index contributed by atoms with van der Waals surface area (Å²) in [6.07, 6.45) is 6.69. The number of hydrogen-bond acceptors (Lipinski definition) is 1. The molecule has 1 rings (SSSR count). The maximum Gasteiger partial charge on any atom is 0.188 e. The first kappa shape index (κ1) is 12.2. The van der Waals surface area contributed by atoms with Crippen molar-refractivity contribution in [1.29, 1.82) is 0 Å².